The van der Waals surface area contributed by atoms with Crippen LogP contribution in [0.3, 0.4) is 0 Å². The molecule has 9 heteroatoms. The van der Waals surface area contributed by atoms with E-state index in [1.54, 1.807) is 0 Å². The molecule has 1 aliphatic rings. The lowest BCUT2D eigenvalue weighted by molar-refractivity contribution is -0.252. The summed E-state index contributed by atoms with van der Waals surface area (Å²) in [6, 6.07) is 21.2. The smallest absolute Gasteiger partial charge is 0.303 e. The largest absolute Gasteiger partial charge is 0.481 e. The van der Waals surface area contributed by atoms with Gasteiger partial charge in [-0.3, -0.25) is 14.6 Å². The van der Waals surface area contributed by atoms with Gasteiger partial charge in [0.15, 0.2) is 6.29 Å². The predicted octanol–water partition coefficient (Wildman–Crippen LogP) is 4.88. The number of nitrogens with one attached hydrogen (secondary N) is 1. The third kappa shape index (κ3) is 9.75. The summed E-state index contributed by atoms with van der Waals surface area (Å²) in [6.45, 7) is 1.57. The fourth-order valence-electron chi connectivity index (χ4n) is 4.83. The number of carboxylic acids is 1. The van der Waals surface area contributed by atoms with Gasteiger partial charge in [0.1, 0.15) is 0 Å². The Morgan fingerprint density at radius 2 is 1.71 bits per heavy atom. The van der Waals surface area contributed by atoms with Crippen molar-refractivity contribution in [2.45, 2.75) is 63.6 Å². The average Bonchev–Trinajstić information content (AvgIpc) is 2.99. The molecular weight excluding hydrogens is 522 g/mol. The Kier molecular flexibility index (Phi) is 11.4. The Bertz CT molecular complexity index is 1240. The molecule has 0 spiro atoms. The summed E-state index contributed by atoms with van der Waals surface area (Å²) in [7, 11) is 2.08. The van der Waals surface area contributed by atoms with Crippen LogP contribution in [0, 0.1) is 0 Å². The Labute approximate surface area is 241 Å². The van der Waals surface area contributed by atoms with Crippen molar-refractivity contribution in [3.63, 3.8) is 0 Å². The summed E-state index contributed by atoms with van der Waals surface area (Å²) in [5.74, 6) is -0.996. The number of aromatic nitrogens is 1. The number of benzene rings is 2. The molecule has 0 unspecified atom stereocenters. The first kappa shape index (κ1) is 30.3. The molecule has 4 rings (SSSR count). The predicted molar refractivity (Wildman–Crippen MR) is 155 cm³/mol. The molecule has 0 radical (unpaired) electrons. The number of aliphatic hydroxyl groups is 1. The molecule has 3 N–H and O–H groups in total. The van der Waals surface area contributed by atoms with Crippen molar-refractivity contribution in [1.29, 1.82) is 0 Å². The number of aliphatic carboxylic acids is 1. The van der Waals surface area contributed by atoms with E-state index in [2.05, 4.69) is 22.2 Å². The minimum atomic E-state index is -0.851. The SMILES string of the molecule is CN(CCc1ccccn1)C[C@H]1C[C@@H](c2ccc(CO)cc2)O[C@@H](c2ccc(NC(=O)CCCCC(=O)O)cc2)O1. The number of ether oxygens (including phenoxy) is 2. The molecule has 218 valence electrons. The van der Waals surface area contributed by atoms with E-state index in [1.165, 1.54) is 0 Å². The molecule has 1 aliphatic heterocycles. The van der Waals surface area contributed by atoms with Crippen molar-refractivity contribution in [2.75, 3.05) is 25.5 Å². The number of unbranched alkanes of at least 4 members (excludes halogenated alkanes) is 1. The van der Waals surface area contributed by atoms with Gasteiger partial charge in [0.05, 0.1) is 18.8 Å². The zero-order valence-electron chi connectivity index (χ0n) is 23.4. The molecule has 1 aromatic heterocycles. The quantitative estimate of drug-likeness (QED) is 0.238. The number of likely N-dealkylation sites (N-methyl/N-ethyl adjacent to an activating group) is 1. The van der Waals surface area contributed by atoms with Crippen molar-refractivity contribution in [3.8, 4) is 0 Å². The Hall–Kier alpha value is -3.63. The van der Waals surface area contributed by atoms with Gasteiger partial charge < -0.3 is 29.9 Å². The highest BCUT2D eigenvalue weighted by Crippen LogP contribution is 2.38. The summed E-state index contributed by atoms with van der Waals surface area (Å²) in [5.41, 5.74) is 4.45. The summed E-state index contributed by atoms with van der Waals surface area (Å²) >= 11 is 0. The lowest BCUT2D eigenvalue weighted by Gasteiger charge is -2.38. The Balaban J connectivity index is 1.39. The average molecular weight is 562 g/mol. The van der Waals surface area contributed by atoms with E-state index >= 15 is 0 Å². The Morgan fingerprint density at radius 3 is 2.39 bits per heavy atom. The molecule has 0 bridgehead atoms. The van der Waals surface area contributed by atoms with Gasteiger partial charge in [-0.1, -0.05) is 42.5 Å². The monoisotopic (exact) mass is 561 g/mol. The zero-order valence-corrected chi connectivity index (χ0v) is 23.4. The molecule has 1 amide bonds. The summed E-state index contributed by atoms with van der Waals surface area (Å²) < 4.78 is 12.9. The van der Waals surface area contributed by atoms with E-state index in [0.29, 0.717) is 24.9 Å². The van der Waals surface area contributed by atoms with Crippen LogP contribution in [-0.4, -0.2) is 58.2 Å². The molecule has 1 fully saturated rings. The number of pyridine rings is 1. The highest BCUT2D eigenvalue weighted by Gasteiger charge is 2.32. The fourth-order valence-corrected chi connectivity index (χ4v) is 4.83. The van der Waals surface area contributed by atoms with Crippen molar-refractivity contribution in [2.24, 2.45) is 0 Å². The van der Waals surface area contributed by atoms with Crippen molar-refractivity contribution in [3.05, 3.63) is 95.3 Å². The lowest BCUT2D eigenvalue weighted by Crippen LogP contribution is -2.38. The van der Waals surface area contributed by atoms with Crippen LogP contribution >= 0.6 is 0 Å². The third-order valence-electron chi connectivity index (χ3n) is 7.12. The number of rotatable bonds is 14. The second-order valence-corrected chi connectivity index (χ2v) is 10.5. The topological polar surface area (TPSA) is 121 Å². The lowest BCUT2D eigenvalue weighted by atomic mass is 9.99. The summed E-state index contributed by atoms with van der Waals surface area (Å²) in [6.07, 6.45) is 3.86. The maximum atomic E-state index is 12.2. The number of hydrogen-bond acceptors (Lipinski definition) is 7. The third-order valence-corrected chi connectivity index (χ3v) is 7.12. The van der Waals surface area contributed by atoms with Crippen LogP contribution in [0.2, 0.25) is 0 Å². The fraction of sp³-hybridized carbons (Fsp3) is 0.406. The van der Waals surface area contributed by atoms with E-state index in [1.807, 2.05) is 72.9 Å². The molecule has 0 aliphatic carbocycles. The van der Waals surface area contributed by atoms with Crippen LogP contribution in [0.15, 0.2) is 72.9 Å². The maximum Gasteiger partial charge on any atom is 0.303 e. The molecule has 3 aromatic rings. The molecule has 9 nitrogen and oxygen atoms in total. The number of aliphatic hydroxyl groups excluding tert-OH is 1. The van der Waals surface area contributed by atoms with E-state index in [9.17, 15) is 14.7 Å². The Morgan fingerprint density at radius 1 is 0.976 bits per heavy atom. The van der Waals surface area contributed by atoms with Crippen LogP contribution in [0.5, 0.6) is 0 Å². The number of carbonyl (C=O) groups excluding carboxylic acids is 1. The number of hydrogen-bond donors (Lipinski definition) is 3. The normalized spacial score (nSPS) is 18.8. The molecule has 41 heavy (non-hydrogen) atoms. The van der Waals surface area contributed by atoms with Gasteiger partial charge in [-0.25, -0.2) is 0 Å². The highest BCUT2D eigenvalue weighted by molar-refractivity contribution is 5.90. The number of nitrogens with zero attached hydrogens (tertiary/aromatic N) is 2. The van der Waals surface area contributed by atoms with Gasteiger partial charge in [0.2, 0.25) is 5.91 Å². The molecule has 3 atom stereocenters. The van der Waals surface area contributed by atoms with E-state index in [4.69, 9.17) is 14.6 Å². The first-order valence-electron chi connectivity index (χ1n) is 14.1. The summed E-state index contributed by atoms with van der Waals surface area (Å²) in [5, 5.41) is 21.1. The van der Waals surface area contributed by atoms with Gasteiger partial charge in [-0.2, -0.15) is 0 Å². The standard InChI is InChI=1S/C32H39N3O6/c1-35(19-17-26-6-4-5-18-33-26)21-28-20-29(24-11-9-23(22-36)10-12-24)41-32(40-28)25-13-15-27(16-14-25)34-30(37)7-2-3-8-31(38)39/h4-6,9-16,18,28-29,32,36H,2-3,7-8,17,19-22H2,1H3,(H,34,37)(H,38,39)/t28-,29+,32+/m1/s1. The van der Waals surface area contributed by atoms with Gasteiger partial charge in [0.25, 0.3) is 0 Å². The van der Waals surface area contributed by atoms with Gasteiger partial charge in [-0.15, -0.1) is 0 Å². The second kappa shape index (κ2) is 15.4. The van der Waals surface area contributed by atoms with Gasteiger partial charge in [-0.05, 0) is 55.3 Å². The van der Waals surface area contributed by atoms with Crippen LogP contribution < -0.4 is 5.32 Å². The number of amides is 1. The first-order chi connectivity index (χ1) is 19.9. The molecule has 1 saturated heterocycles. The molecule has 2 aromatic carbocycles. The highest BCUT2D eigenvalue weighted by atomic mass is 16.7. The van der Waals surface area contributed by atoms with E-state index in [0.717, 1.165) is 41.9 Å². The minimum absolute atomic E-state index is 0.00749. The van der Waals surface area contributed by atoms with Crippen LogP contribution in [0.1, 0.15) is 66.9 Å². The van der Waals surface area contributed by atoms with Gasteiger partial charge in [0, 0.05) is 61.9 Å². The first-order valence-corrected chi connectivity index (χ1v) is 14.1. The second-order valence-electron chi connectivity index (χ2n) is 10.5. The van der Waals surface area contributed by atoms with Crippen LogP contribution in [0.4, 0.5) is 5.69 Å². The zero-order chi connectivity index (χ0) is 29.0. The molecular formula is C32H39N3O6. The number of anilines is 1. The van der Waals surface area contributed by atoms with Crippen molar-refractivity contribution < 1.29 is 29.3 Å². The van der Waals surface area contributed by atoms with E-state index in [-0.39, 0.29) is 37.6 Å². The van der Waals surface area contributed by atoms with Crippen LogP contribution in [-0.2, 0) is 32.1 Å². The van der Waals surface area contributed by atoms with Crippen molar-refractivity contribution in [1.82, 2.24) is 9.88 Å². The van der Waals surface area contributed by atoms with Gasteiger partial charge >= 0.3 is 5.97 Å². The summed E-state index contributed by atoms with van der Waals surface area (Å²) in [4.78, 5) is 29.6. The van der Waals surface area contributed by atoms with E-state index < -0.39 is 12.3 Å². The number of carbonyl (C=O) groups is 2. The molecule has 0 saturated carbocycles. The molecule has 2 heterocycles. The number of carboxylic acid groups (broad SMARTS) is 1. The van der Waals surface area contributed by atoms with Crippen LogP contribution in [0.25, 0.3) is 0 Å². The maximum absolute atomic E-state index is 12.2. The van der Waals surface area contributed by atoms with Crippen molar-refractivity contribution >= 4 is 17.6 Å². The minimum Gasteiger partial charge on any atom is -0.481 e.